The van der Waals surface area contributed by atoms with Crippen molar-refractivity contribution in [1.29, 1.82) is 0 Å². The second-order valence-electron chi connectivity index (χ2n) is 6.82. The molecule has 1 amide bonds. The quantitative estimate of drug-likeness (QED) is 0.786. The molecule has 3 heterocycles. The minimum atomic E-state index is -0.698. The summed E-state index contributed by atoms with van der Waals surface area (Å²) in [6.07, 6.45) is 1.60. The molecule has 0 unspecified atom stereocenters. The van der Waals surface area contributed by atoms with Crippen LogP contribution < -0.4 is 0 Å². The van der Waals surface area contributed by atoms with Crippen molar-refractivity contribution in [3.8, 4) is 0 Å². The number of amides is 1. The van der Waals surface area contributed by atoms with E-state index in [0.717, 1.165) is 0 Å². The molecule has 2 aliphatic rings. The lowest BCUT2D eigenvalue weighted by molar-refractivity contribution is -0.0562. The van der Waals surface area contributed by atoms with E-state index in [9.17, 15) is 4.79 Å². The van der Waals surface area contributed by atoms with E-state index >= 15 is 0 Å². The summed E-state index contributed by atoms with van der Waals surface area (Å²) in [7, 11) is 0. The van der Waals surface area contributed by atoms with Crippen LogP contribution in [0.15, 0.2) is 18.3 Å². The number of pyridine rings is 1. The summed E-state index contributed by atoms with van der Waals surface area (Å²) in [5.41, 5.74) is -0.548. The smallest absolute Gasteiger partial charge is 0.410 e. The fourth-order valence-electron chi connectivity index (χ4n) is 3.00. The van der Waals surface area contributed by atoms with Crippen molar-refractivity contribution >= 4 is 17.7 Å². The molecule has 1 aromatic rings. The Labute approximate surface area is 140 Å². The van der Waals surface area contributed by atoms with Crippen LogP contribution in [0.2, 0.25) is 5.02 Å². The second-order valence-corrected chi connectivity index (χ2v) is 7.22. The number of hydrogen-bond acceptors (Lipinski definition) is 5. The Morgan fingerprint density at radius 1 is 1.52 bits per heavy atom. The topological polar surface area (TPSA) is 60.9 Å². The zero-order valence-corrected chi connectivity index (χ0v) is 14.3. The zero-order valence-electron chi connectivity index (χ0n) is 13.5. The molecule has 6 nitrogen and oxygen atoms in total. The SMILES string of the molecule is CC(C)(C)OC(=O)N1CC[C@]2(c3ncccc3Cl)OCO[C@@H]2C1. The third-order valence-corrected chi connectivity index (χ3v) is 4.36. The highest BCUT2D eigenvalue weighted by Crippen LogP contribution is 2.44. The van der Waals surface area contributed by atoms with Crippen LogP contribution in [0.3, 0.4) is 0 Å². The lowest BCUT2D eigenvalue weighted by Gasteiger charge is -2.41. The molecule has 0 spiro atoms. The van der Waals surface area contributed by atoms with Gasteiger partial charge in [-0.15, -0.1) is 0 Å². The third kappa shape index (κ3) is 3.16. The standard InChI is InChI=1S/C16H21ClN2O4/c1-15(2,3)23-14(20)19-8-6-16(12(9-19)21-10-22-16)13-11(17)5-4-7-18-13/h4-5,7,12H,6,8-10H2,1-3H3/t12-,16+/m1/s1. The number of aromatic nitrogens is 1. The number of ether oxygens (including phenoxy) is 3. The van der Waals surface area contributed by atoms with Gasteiger partial charge < -0.3 is 19.1 Å². The van der Waals surface area contributed by atoms with Crippen molar-refractivity contribution < 1.29 is 19.0 Å². The van der Waals surface area contributed by atoms with Gasteiger partial charge in [-0.1, -0.05) is 11.6 Å². The minimum Gasteiger partial charge on any atom is -0.444 e. The molecule has 0 saturated carbocycles. The monoisotopic (exact) mass is 340 g/mol. The molecule has 2 atom stereocenters. The first-order valence-electron chi connectivity index (χ1n) is 7.66. The van der Waals surface area contributed by atoms with Crippen molar-refractivity contribution in [2.45, 2.75) is 44.5 Å². The predicted octanol–water partition coefficient (Wildman–Crippen LogP) is 2.94. The van der Waals surface area contributed by atoms with Gasteiger partial charge in [0.15, 0.2) is 0 Å². The predicted molar refractivity (Wildman–Crippen MR) is 84.2 cm³/mol. The molecule has 7 heteroatoms. The summed E-state index contributed by atoms with van der Waals surface area (Å²) in [5, 5.41) is 0.550. The maximum atomic E-state index is 12.3. The molecule has 2 aliphatic heterocycles. The maximum Gasteiger partial charge on any atom is 0.410 e. The summed E-state index contributed by atoms with van der Waals surface area (Å²) in [6, 6.07) is 3.57. The fourth-order valence-corrected chi connectivity index (χ4v) is 3.28. The van der Waals surface area contributed by atoms with Crippen molar-refractivity contribution in [1.82, 2.24) is 9.88 Å². The van der Waals surface area contributed by atoms with Gasteiger partial charge in [0.2, 0.25) is 0 Å². The summed E-state index contributed by atoms with van der Waals surface area (Å²) >= 11 is 6.30. The summed E-state index contributed by atoms with van der Waals surface area (Å²) in [6.45, 7) is 6.61. The molecule has 0 aromatic carbocycles. The molecular formula is C16H21ClN2O4. The molecule has 126 valence electrons. The highest BCUT2D eigenvalue weighted by molar-refractivity contribution is 6.31. The largest absolute Gasteiger partial charge is 0.444 e. The van der Waals surface area contributed by atoms with Crippen molar-refractivity contribution in [2.24, 2.45) is 0 Å². The van der Waals surface area contributed by atoms with E-state index in [1.807, 2.05) is 20.8 Å². The number of rotatable bonds is 1. The number of likely N-dealkylation sites (tertiary alicyclic amines) is 1. The van der Waals surface area contributed by atoms with Gasteiger partial charge >= 0.3 is 6.09 Å². The first-order valence-corrected chi connectivity index (χ1v) is 8.04. The molecule has 0 N–H and O–H groups in total. The van der Waals surface area contributed by atoms with E-state index in [1.54, 1.807) is 23.2 Å². The summed E-state index contributed by atoms with van der Waals surface area (Å²) in [4.78, 5) is 18.3. The Hall–Kier alpha value is -1.37. The van der Waals surface area contributed by atoms with Crippen molar-refractivity contribution in [2.75, 3.05) is 19.9 Å². The number of hydrogen-bond donors (Lipinski definition) is 0. The van der Waals surface area contributed by atoms with Gasteiger partial charge in [0.25, 0.3) is 0 Å². The maximum absolute atomic E-state index is 12.3. The van der Waals surface area contributed by atoms with Crippen molar-refractivity contribution in [3.63, 3.8) is 0 Å². The van der Waals surface area contributed by atoms with Crippen LogP contribution in [-0.2, 0) is 19.8 Å². The van der Waals surface area contributed by atoms with Gasteiger partial charge in [-0.3, -0.25) is 4.98 Å². The number of piperidine rings is 1. The van der Waals surface area contributed by atoms with Gasteiger partial charge in [-0.2, -0.15) is 0 Å². The van der Waals surface area contributed by atoms with Crippen LogP contribution >= 0.6 is 11.6 Å². The molecule has 2 saturated heterocycles. The van der Waals surface area contributed by atoms with E-state index in [1.165, 1.54) is 0 Å². The number of fused-ring (bicyclic) bond motifs is 1. The van der Waals surface area contributed by atoms with Gasteiger partial charge in [0.05, 0.1) is 17.3 Å². The van der Waals surface area contributed by atoms with E-state index in [2.05, 4.69) is 4.98 Å². The zero-order chi connectivity index (χ0) is 16.7. The molecule has 2 fully saturated rings. The first kappa shape index (κ1) is 16.5. The fraction of sp³-hybridized carbons (Fsp3) is 0.625. The molecule has 0 radical (unpaired) electrons. The van der Waals surface area contributed by atoms with Crippen LogP contribution in [0.25, 0.3) is 0 Å². The van der Waals surface area contributed by atoms with Gasteiger partial charge in [0.1, 0.15) is 24.1 Å². The van der Waals surface area contributed by atoms with E-state index in [4.69, 9.17) is 25.8 Å². The normalized spacial score (nSPS) is 27.7. The number of carbonyl (C=O) groups excluding carboxylic acids is 1. The average molecular weight is 341 g/mol. The van der Waals surface area contributed by atoms with Crippen LogP contribution in [-0.4, -0.2) is 47.6 Å². The van der Waals surface area contributed by atoms with Crippen molar-refractivity contribution in [3.05, 3.63) is 29.0 Å². The average Bonchev–Trinajstić information content (AvgIpc) is 2.89. The highest BCUT2D eigenvalue weighted by Gasteiger charge is 2.53. The first-order chi connectivity index (χ1) is 10.8. The van der Waals surface area contributed by atoms with E-state index in [0.29, 0.717) is 30.2 Å². The summed E-state index contributed by atoms with van der Waals surface area (Å²) < 4.78 is 17.0. The Morgan fingerprint density at radius 2 is 2.30 bits per heavy atom. The van der Waals surface area contributed by atoms with Gasteiger partial charge in [-0.05, 0) is 32.9 Å². The van der Waals surface area contributed by atoms with E-state index in [-0.39, 0.29) is 19.0 Å². The Kier molecular flexibility index (Phi) is 4.25. The summed E-state index contributed by atoms with van der Waals surface area (Å²) in [5.74, 6) is 0. The lowest BCUT2D eigenvalue weighted by atomic mass is 9.85. The van der Waals surface area contributed by atoms with Gasteiger partial charge in [-0.25, -0.2) is 4.79 Å². The molecule has 3 rings (SSSR count). The second kappa shape index (κ2) is 5.92. The highest BCUT2D eigenvalue weighted by atomic mass is 35.5. The molecule has 1 aromatic heterocycles. The molecule has 0 aliphatic carbocycles. The van der Waals surface area contributed by atoms with Crippen LogP contribution in [0.1, 0.15) is 32.9 Å². The molecule has 23 heavy (non-hydrogen) atoms. The molecular weight excluding hydrogens is 320 g/mol. The van der Waals surface area contributed by atoms with Crippen LogP contribution in [0.4, 0.5) is 4.79 Å². The number of carbonyl (C=O) groups is 1. The number of halogens is 1. The van der Waals surface area contributed by atoms with E-state index < -0.39 is 11.2 Å². The molecule has 0 bridgehead atoms. The Morgan fingerprint density at radius 3 is 3.00 bits per heavy atom. The van der Waals surface area contributed by atoms with Crippen LogP contribution in [0.5, 0.6) is 0 Å². The van der Waals surface area contributed by atoms with Crippen LogP contribution in [0, 0.1) is 0 Å². The number of nitrogens with zero attached hydrogens (tertiary/aromatic N) is 2. The van der Waals surface area contributed by atoms with Gasteiger partial charge in [0, 0.05) is 19.2 Å². The minimum absolute atomic E-state index is 0.166. The Bertz CT molecular complexity index is 604. The Balaban J connectivity index is 1.80. The lowest BCUT2D eigenvalue weighted by Crippen LogP contribution is -2.54. The third-order valence-electron chi connectivity index (χ3n) is 4.06.